The molecular formula is C15H12Cl2O3. The van der Waals surface area contributed by atoms with Gasteiger partial charge in [0.05, 0.1) is 12.1 Å². The van der Waals surface area contributed by atoms with Crippen LogP contribution in [0.4, 0.5) is 0 Å². The summed E-state index contributed by atoms with van der Waals surface area (Å²) in [4.78, 5) is 12.0. The van der Waals surface area contributed by atoms with Gasteiger partial charge in [0.25, 0.3) is 0 Å². The third-order valence-electron chi connectivity index (χ3n) is 2.66. The first kappa shape index (κ1) is 14.7. The van der Waals surface area contributed by atoms with E-state index in [0.29, 0.717) is 27.1 Å². The summed E-state index contributed by atoms with van der Waals surface area (Å²) in [5.74, 6) is 0.935. The standard InChI is InChI=1S/C15H12Cl2O3/c1-19-12-5-2-10(3-6-12)14(18)9-20-15-8-11(16)4-7-13(15)17/h2-8H,9H2,1H3. The summed E-state index contributed by atoms with van der Waals surface area (Å²) in [5, 5.41) is 0.915. The van der Waals surface area contributed by atoms with Gasteiger partial charge in [-0.1, -0.05) is 23.2 Å². The van der Waals surface area contributed by atoms with E-state index in [1.807, 2.05) is 0 Å². The highest BCUT2D eigenvalue weighted by atomic mass is 35.5. The minimum absolute atomic E-state index is 0.105. The lowest BCUT2D eigenvalue weighted by Crippen LogP contribution is -2.11. The van der Waals surface area contributed by atoms with Gasteiger partial charge >= 0.3 is 0 Å². The number of Topliss-reactive ketones (excluding diaryl/α,β-unsaturated/α-hetero) is 1. The molecule has 0 radical (unpaired) electrons. The van der Waals surface area contributed by atoms with Gasteiger partial charge in [0, 0.05) is 16.7 Å². The summed E-state index contributed by atoms with van der Waals surface area (Å²) in [6, 6.07) is 11.7. The van der Waals surface area contributed by atoms with Crippen LogP contribution in [-0.4, -0.2) is 19.5 Å². The summed E-state index contributed by atoms with van der Waals surface area (Å²) in [6.45, 7) is -0.105. The Bertz CT molecular complexity index is 609. The lowest BCUT2D eigenvalue weighted by Gasteiger charge is -2.08. The summed E-state index contributed by atoms with van der Waals surface area (Å²) in [6.07, 6.45) is 0. The van der Waals surface area contributed by atoms with Gasteiger partial charge in [0.2, 0.25) is 0 Å². The Morgan fingerprint density at radius 1 is 1.10 bits per heavy atom. The zero-order valence-corrected chi connectivity index (χ0v) is 12.2. The minimum Gasteiger partial charge on any atom is -0.497 e. The zero-order chi connectivity index (χ0) is 14.5. The van der Waals surface area contributed by atoms with E-state index in [9.17, 15) is 4.79 Å². The summed E-state index contributed by atoms with van der Waals surface area (Å²) < 4.78 is 10.4. The highest BCUT2D eigenvalue weighted by Crippen LogP contribution is 2.27. The molecule has 2 aromatic carbocycles. The van der Waals surface area contributed by atoms with Crippen molar-refractivity contribution in [3.8, 4) is 11.5 Å². The van der Waals surface area contributed by atoms with Crippen molar-refractivity contribution in [2.45, 2.75) is 0 Å². The van der Waals surface area contributed by atoms with Crippen molar-refractivity contribution >= 4 is 29.0 Å². The van der Waals surface area contributed by atoms with E-state index in [1.54, 1.807) is 49.6 Å². The van der Waals surface area contributed by atoms with Crippen LogP contribution < -0.4 is 9.47 Å². The van der Waals surface area contributed by atoms with Gasteiger partial charge in [-0.15, -0.1) is 0 Å². The molecule has 0 aromatic heterocycles. The molecule has 2 aromatic rings. The first-order chi connectivity index (χ1) is 9.60. The van der Waals surface area contributed by atoms with Crippen LogP contribution in [0.1, 0.15) is 10.4 Å². The van der Waals surface area contributed by atoms with Crippen molar-refractivity contribution in [3.05, 3.63) is 58.1 Å². The highest BCUT2D eigenvalue weighted by Gasteiger charge is 2.09. The normalized spacial score (nSPS) is 10.2. The Balaban J connectivity index is 2.02. The fraction of sp³-hybridized carbons (Fsp3) is 0.133. The van der Waals surface area contributed by atoms with Crippen LogP contribution in [0, 0.1) is 0 Å². The Morgan fingerprint density at radius 3 is 2.45 bits per heavy atom. The molecule has 0 aliphatic carbocycles. The van der Waals surface area contributed by atoms with Crippen molar-refractivity contribution in [2.24, 2.45) is 0 Å². The molecule has 0 N–H and O–H groups in total. The van der Waals surface area contributed by atoms with E-state index in [4.69, 9.17) is 32.7 Å². The number of ketones is 1. The van der Waals surface area contributed by atoms with Crippen molar-refractivity contribution in [2.75, 3.05) is 13.7 Å². The number of hydrogen-bond acceptors (Lipinski definition) is 3. The van der Waals surface area contributed by atoms with Gasteiger partial charge in [-0.25, -0.2) is 0 Å². The van der Waals surface area contributed by atoms with Crippen LogP contribution in [0.15, 0.2) is 42.5 Å². The number of carbonyl (C=O) groups is 1. The molecular weight excluding hydrogens is 299 g/mol. The lowest BCUT2D eigenvalue weighted by atomic mass is 10.1. The third-order valence-corrected chi connectivity index (χ3v) is 3.21. The average molecular weight is 311 g/mol. The van der Waals surface area contributed by atoms with Crippen molar-refractivity contribution in [1.82, 2.24) is 0 Å². The molecule has 20 heavy (non-hydrogen) atoms. The molecule has 0 amide bonds. The molecule has 0 saturated carbocycles. The molecule has 3 nitrogen and oxygen atoms in total. The maximum Gasteiger partial charge on any atom is 0.200 e. The molecule has 104 valence electrons. The molecule has 5 heteroatoms. The molecule has 2 rings (SSSR count). The van der Waals surface area contributed by atoms with Crippen molar-refractivity contribution in [1.29, 1.82) is 0 Å². The van der Waals surface area contributed by atoms with E-state index in [2.05, 4.69) is 0 Å². The Kier molecular flexibility index (Phi) is 4.88. The SMILES string of the molecule is COc1ccc(C(=O)COc2cc(Cl)ccc2Cl)cc1. The molecule has 0 fully saturated rings. The second-order valence-corrected chi connectivity index (χ2v) is 4.86. The van der Waals surface area contributed by atoms with Crippen LogP contribution >= 0.6 is 23.2 Å². The predicted molar refractivity (Wildman–Crippen MR) is 79.3 cm³/mol. The summed E-state index contributed by atoms with van der Waals surface area (Å²) in [7, 11) is 1.57. The van der Waals surface area contributed by atoms with Gasteiger partial charge in [-0.05, 0) is 36.4 Å². The molecule has 0 aliphatic heterocycles. The van der Waals surface area contributed by atoms with E-state index in [1.165, 1.54) is 0 Å². The predicted octanol–water partition coefficient (Wildman–Crippen LogP) is 4.26. The van der Waals surface area contributed by atoms with Crippen molar-refractivity contribution in [3.63, 3.8) is 0 Å². The van der Waals surface area contributed by atoms with E-state index < -0.39 is 0 Å². The number of methoxy groups -OCH3 is 1. The van der Waals surface area contributed by atoms with E-state index >= 15 is 0 Å². The maximum atomic E-state index is 12.0. The van der Waals surface area contributed by atoms with Gasteiger partial charge in [0.15, 0.2) is 12.4 Å². The lowest BCUT2D eigenvalue weighted by molar-refractivity contribution is 0.0921. The summed E-state index contributed by atoms with van der Waals surface area (Å²) in [5.41, 5.74) is 0.545. The monoisotopic (exact) mass is 310 g/mol. The summed E-state index contributed by atoms with van der Waals surface area (Å²) >= 11 is 11.8. The molecule has 0 unspecified atom stereocenters. The van der Waals surface area contributed by atoms with Crippen LogP contribution in [0.5, 0.6) is 11.5 Å². The number of carbonyl (C=O) groups excluding carboxylic acids is 1. The average Bonchev–Trinajstić information content (AvgIpc) is 2.48. The second-order valence-electron chi connectivity index (χ2n) is 4.02. The van der Waals surface area contributed by atoms with Gasteiger partial charge in [0.1, 0.15) is 11.5 Å². The minimum atomic E-state index is -0.149. The first-order valence-electron chi connectivity index (χ1n) is 5.85. The van der Waals surface area contributed by atoms with Crippen LogP contribution in [0.25, 0.3) is 0 Å². The molecule has 0 atom stereocenters. The largest absolute Gasteiger partial charge is 0.497 e. The maximum absolute atomic E-state index is 12.0. The fourth-order valence-corrected chi connectivity index (χ4v) is 1.93. The number of hydrogen-bond donors (Lipinski definition) is 0. The smallest absolute Gasteiger partial charge is 0.200 e. The molecule has 0 bridgehead atoms. The first-order valence-corrected chi connectivity index (χ1v) is 6.61. The van der Waals surface area contributed by atoms with Gasteiger partial charge < -0.3 is 9.47 Å². The Labute approximate surface area is 127 Å². The van der Waals surface area contributed by atoms with Crippen LogP contribution in [0.3, 0.4) is 0 Å². The van der Waals surface area contributed by atoms with Gasteiger partial charge in [-0.2, -0.15) is 0 Å². The quantitative estimate of drug-likeness (QED) is 0.774. The number of halogens is 2. The van der Waals surface area contributed by atoms with E-state index in [0.717, 1.165) is 0 Å². The fourth-order valence-electron chi connectivity index (χ4n) is 1.59. The second kappa shape index (κ2) is 6.64. The molecule has 0 spiro atoms. The number of benzene rings is 2. The van der Waals surface area contributed by atoms with E-state index in [-0.39, 0.29) is 12.4 Å². The highest BCUT2D eigenvalue weighted by molar-refractivity contribution is 6.34. The number of rotatable bonds is 5. The molecule has 0 aliphatic rings. The van der Waals surface area contributed by atoms with Crippen LogP contribution in [0.2, 0.25) is 10.0 Å². The van der Waals surface area contributed by atoms with Gasteiger partial charge in [-0.3, -0.25) is 4.79 Å². The molecule has 0 saturated heterocycles. The molecule has 0 heterocycles. The topological polar surface area (TPSA) is 35.5 Å². The van der Waals surface area contributed by atoms with Crippen LogP contribution in [-0.2, 0) is 0 Å². The zero-order valence-electron chi connectivity index (χ0n) is 10.7. The van der Waals surface area contributed by atoms with Crippen molar-refractivity contribution < 1.29 is 14.3 Å². The Hall–Kier alpha value is -1.71. The Morgan fingerprint density at radius 2 is 1.80 bits per heavy atom. The number of ether oxygens (including phenoxy) is 2. The third kappa shape index (κ3) is 3.65.